The number of hydrogen-bond acceptors (Lipinski definition) is 4. The van der Waals surface area contributed by atoms with Crippen molar-refractivity contribution in [3.8, 4) is 5.75 Å². The van der Waals surface area contributed by atoms with Gasteiger partial charge in [-0.15, -0.1) is 0 Å². The Morgan fingerprint density at radius 2 is 2.11 bits per heavy atom. The molecule has 100 valence electrons. The number of rotatable bonds is 7. The van der Waals surface area contributed by atoms with E-state index in [9.17, 15) is 4.79 Å². The zero-order valence-electron chi connectivity index (χ0n) is 10.6. The van der Waals surface area contributed by atoms with Crippen LogP contribution in [0.4, 0.5) is 0 Å². The van der Waals surface area contributed by atoms with E-state index in [0.29, 0.717) is 13.0 Å². The van der Waals surface area contributed by atoms with E-state index in [0.717, 1.165) is 17.7 Å². The molecule has 0 saturated heterocycles. The molecule has 1 rings (SSSR count). The standard InChI is InChI=1S/C13H20N2O2S/c1-18-8-2-7-15-13(17)12(14)9-10-3-5-11(16)6-4-10/h3-6,12,16H,2,7-9,14H2,1H3,(H,15,17). The SMILES string of the molecule is CSCCCNC(=O)C(N)Cc1ccc(O)cc1. The van der Waals surface area contributed by atoms with Gasteiger partial charge >= 0.3 is 0 Å². The fraction of sp³-hybridized carbons (Fsp3) is 0.462. The van der Waals surface area contributed by atoms with Crippen molar-refractivity contribution in [1.29, 1.82) is 0 Å². The lowest BCUT2D eigenvalue weighted by molar-refractivity contribution is -0.122. The molecule has 0 aromatic heterocycles. The number of benzene rings is 1. The van der Waals surface area contributed by atoms with E-state index in [1.807, 2.05) is 6.26 Å². The normalized spacial score (nSPS) is 12.1. The summed E-state index contributed by atoms with van der Waals surface area (Å²) in [5.41, 5.74) is 6.77. The van der Waals surface area contributed by atoms with Gasteiger partial charge in [0.05, 0.1) is 6.04 Å². The molecule has 0 spiro atoms. The van der Waals surface area contributed by atoms with E-state index in [4.69, 9.17) is 10.8 Å². The minimum absolute atomic E-state index is 0.121. The number of nitrogens with one attached hydrogen (secondary N) is 1. The summed E-state index contributed by atoms with van der Waals surface area (Å²) in [6.45, 7) is 0.670. The highest BCUT2D eigenvalue weighted by Gasteiger charge is 2.13. The molecule has 4 nitrogen and oxygen atoms in total. The molecule has 4 N–H and O–H groups in total. The van der Waals surface area contributed by atoms with Crippen molar-refractivity contribution in [2.45, 2.75) is 18.9 Å². The molecular formula is C13H20N2O2S. The molecule has 0 aliphatic carbocycles. The molecule has 18 heavy (non-hydrogen) atoms. The van der Waals surface area contributed by atoms with Crippen LogP contribution in [0, 0.1) is 0 Å². The Kier molecular flexibility index (Phi) is 6.60. The van der Waals surface area contributed by atoms with E-state index < -0.39 is 6.04 Å². The quantitative estimate of drug-likeness (QED) is 0.648. The van der Waals surface area contributed by atoms with Crippen molar-refractivity contribution in [2.24, 2.45) is 5.73 Å². The average Bonchev–Trinajstić information content (AvgIpc) is 2.37. The number of phenols is 1. The number of thioether (sulfide) groups is 1. The van der Waals surface area contributed by atoms with Gasteiger partial charge in [-0.2, -0.15) is 11.8 Å². The summed E-state index contributed by atoms with van der Waals surface area (Å²) in [5, 5.41) is 12.0. The Morgan fingerprint density at radius 3 is 2.72 bits per heavy atom. The lowest BCUT2D eigenvalue weighted by Crippen LogP contribution is -2.42. The van der Waals surface area contributed by atoms with Crippen LogP contribution in [0.5, 0.6) is 5.75 Å². The third-order valence-corrected chi connectivity index (χ3v) is 3.25. The molecule has 0 fully saturated rings. The topological polar surface area (TPSA) is 75.4 Å². The van der Waals surface area contributed by atoms with Gasteiger partial charge in [-0.1, -0.05) is 12.1 Å². The van der Waals surface area contributed by atoms with E-state index in [-0.39, 0.29) is 11.7 Å². The predicted octanol–water partition coefficient (Wildman–Crippen LogP) is 1.13. The molecule has 1 atom stereocenters. The number of hydrogen-bond donors (Lipinski definition) is 3. The second-order valence-corrected chi connectivity index (χ2v) is 5.10. The van der Waals surface area contributed by atoms with Gasteiger partial charge in [-0.05, 0) is 42.5 Å². The van der Waals surface area contributed by atoms with Crippen molar-refractivity contribution >= 4 is 17.7 Å². The van der Waals surface area contributed by atoms with Crippen LogP contribution in [-0.2, 0) is 11.2 Å². The second kappa shape index (κ2) is 8.00. The summed E-state index contributed by atoms with van der Waals surface area (Å²) in [6.07, 6.45) is 3.48. The maximum Gasteiger partial charge on any atom is 0.237 e. The minimum Gasteiger partial charge on any atom is -0.508 e. The van der Waals surface area contributed by atoms with Gasteiger partial charge in [-0.3, -0.25) is 4.79 Å². The summed E-state index contributed by atoms with van der Waals surface area (Å²) in [6, 6.07) is 6.20. The van der Waals surface area contributed by atoms with Gasteiger partial charge in [0, 0.05) is 6.54 Å². The highest BCUT2D eigenvalue weighted by atomic mass is 32.2. The zero-order valence-corrected chi connectivity index (χ0v) is 11.4. The first kappa shape index (κ1) is 14.9. The van der Waals surface area contributed by atoms with Crippen LogP contribution in [0.2, 0.25) is 0 Å². The molecule has 0 radical (unpaired) electrons. The first-order chi connectivity index (χ1) is 8.63. The summed E-state index contributed by atoms with van der Waals surface area (Å²) < 4.78 is 0. The molecule has 1 aromatic carbocycles. The van der Waals surface area contributed by atoms with Crippen LogP contribution in [0.25, 0.3) is 0 Å². The Labute approximate surface area is 112 Å². The number of carbonyl (C=O) groups excluding carboxylic acids is 1. The summed E-state index contributed by atoms with van der Waals surface area (Å²) >= 11 is 1.76. The van der Waals surface area contributed by atoms with Crippen LogP contribution >= 0.6 is 11.8 Å². The molecule has 0 saturated carbocycles. The highest BCUT2D eigenvalue weighted by molar-refractivity contribution is 7.98. The number of aromatic hydroxyl groups is 1. The molecular weight excluding hydrogens is 248 g/mol. The lowest BCUT2D eigenvalue weighted by atomic mass is 10.1. The van der Waals surface area contributed by atoms with E-state index in [1.165, 1.54) is 0 Å². The van der Waals surface area contributed by atoms with Crippen molar-refractivity contribution in [3.63, 3.8) is 0 Å². The molecule has 0 aliphatic heterocycles. The summed E-state index contributed by atoms with van der Waals surface area (Å²) in [5.74, 6) is 1.13. The first-order valence-electron chi connectivity index (χ1n) is 5.93. The smallest absolute Gasteiger partial charge is 0.237 e. The zero-order chi connectivity index (χ0) is 13.4. The van der Waals surface area contributed by atoms with Crippen LogP contribution in [-0.4, -0.2) is 35.6 Å². The van der Waals surface area contributed by atoms with Crippen molar-refractivity contribution in [3.05, 3.63) is 29.8 Å². The maximum atomic E-state index is 11.7. The van der Waals surface area contributed by atoms with Crippen molar-refractivity contribution < 1.29 is 9.90 Å². The third-order valence-electron chi connectivity index (χ3n) is 2.55. The van der Waals surface area contributed by atoms with E-state index >= 15 is 0 Å². The highest BCUT2D eigenvalue weighted by Crippen LogP contribution is 2.10. The Balaban J connectivity index is 2.33. The predicted molar refractivity (Wildman–Crippen MR) is 75.8 cm³/mol. The number of amides is 1. The largest absolute Gasteiger partial charge is 0.508 e. The minimum atomic E-state index is -0.538. The van der Waals surface area contributed by atoms with E-state index in [2.05, 4.69) is 5.32 Å². The number of phenolic OH excluding ortho intramolecular Hbond substituents is 1. The summed E-state index contributed by atoms with van der Waals surface area (Å²) in [7, 11) is 0. The molecule has 0 bridgehead atoms. The van der Waals surface area contributed by atoms with Crippen molar-refractivity contribution in [1.82, 2.24) is 5.32 Å². The van der Waals surface area contributed by atoms with Crippen LogP contribution in [0.3, 0.4) is 0 Å². The van der Waals surface area contributed by atoms with Gasteiger partial charge in [0.2, 0.25) is 5.91 Å². The van der Waals surface area contributed by atoms with Gasteiger partial charge < -0.3 is 16.2 Å². The first-order valence-corrected chi connectivity index (χ1v) is 7.33. The number of carbonyl (C=O) groups is 1. The molecule has 5 heteroatoms. The van der Waals surface area contributed by atoms with Gasteiger partial charge in [0.1, 0.15) is 5.75 Å². The number of nitrogens with two attached hydrogens (primary N) is 1. The molecule has 1 unspecified atom stereocenters. The van der Waals surface area contributed by atoms with Crippen LogP contribution in [0.15, 0.2) is 24.3 Å². The van der Waals surface area contributed by atoms with Crippen LogP contribution in [0.1, 0.15) is 12.0 Å². The fourth-order valence-electron chi connectivity index (χ4n) is 1.54. The van der Waals surface area contributed by atoms with Gasteiger partial charge in [0.15, 0.2) is 0 Å². The molecule has 1 amide bonds. The maximum absolute atomic E-state index is 11.7. The second-order valence-electron chi connectivity index (χ2n) is 4.11. The fourth-order valence-corrected chi connectivity index (χ4v) is 1.97. The molecule has 0 heterocycles. The lowest BCUT2D eigenvalue weighted by Gasteiger charge is -2.12. The van der Waals surface area contributed by atoms with Crippen molar-refractivity contribution in [2.75, 3.05) is 18.6 Å². The Hall–Kier alpha value is -1.20. The monoisotopic (exact) mass is 268 g/mol. The van der Waals surface area contributed by atoms with Gasteiger partial charge in [-0.25, -0.2) is 0 Å². The van der Waals surface area contributed by atoms with Gasteiger partial charge in [0.25, 0.3) is 0 Å². The molecule has 0 aliphatic rings. The Morgan fingerprint density at radius 1 is 1.44 bits per heavy atom. The summed E-state index contributed by atoms with van der Waals surface area (Å²) in [4.78, 5) is 11.7. The average molecular weight is 268 g/mol. The van der Waals surface area contributed by atoms with E-state index in [1.54, 1.807) is 36.0 Å². The third kappa shape index (κ3) is 5.42. The molecule has 1 aromatic rings. The van der Waals surface area contributed by atoms with Crippen LogP contribution < -0.4 is 11.1 Å². The Bertz CT molecular complexity index is 368.